The number of aromatic nitrogens is 1. The maximum Gasteiger partial charge on any atom is 0.416 e. The van der Waals surface area contributed by atoms with Crippen molar-refractivity contribution in [3.63, 3.8) is 0 Å². The second kappa shape index (κ2) is 6.77. The van der Waals surface area contributed by atoms with Crippen LogP contribution in [0.25, 0.3) is 0 Å². The van der Waals surface area contributed by atoms with Crippen LogP contribution in [0.1, 0.15) is 11.1 Å². The van der Waals surface area contributed by atoms with E-state index in [2.05, 4.69) is 4.98 Å². The molecule has 2 heterocycles. The molecule has 0 bridgehead atoms. The van der Waals surface area contributed by atoms with Crippen LogP contribution in [0.5, 0.6) is 0 Å². The molecule has 1 aromatic heterocycles. The van der Waals surface area contributed by atoms with Crippen molar-refractivity contribution in [1.29, 1.82) is 0 Å². The van der Waals surface area contributed by atoms with Crippen LogP contribution >= 0.6 is 0 Å². The number of hydrogen-bond acceptors (Lipinski definition) is 5. The van der Waals surface area contributed by atoms with Crippen LogP contribution in [0.3, 0.4) is 0 Å². The maximum atomic E-state index is 13.6. The highest BCUT2D eigenvalue weighted by Crippen LogP contribution is 2.45. The predicted octanol–water partition coefficient (Wildman–Crippen LogP) is 4.58. The van der Waals surface area contributed by atoms with E-state index in [1.807, 2.05) is 0 Å². The molecule has 1 aliphatic heterocycles. The minimum Gasteiger partial charge on any atom is -0.275 e. The van der Waals surface area contributed by atoms with E-state index in [-0.39, 0.29) is 17.0 Å². The first kappa shape index (κ1) is 19.3. The van der Waals surface area contributed by atoms with E-state index in [4.69, 9.17) is 0 Å². The van der Waals surface area contributed by atoms with Crippen LogP contribution in [0.4, 0.5) is 30.2 Å². The summed E-state index contributed by atoms with van der Waals surface area (Å²) in [7, 11) is -3.39. The Bertz CT molecular complexity index is 1150. The van der Waals surface area contributed by atoms with Gasteiger partial charge in [0.15, 0.2) is 9.84 Å². The molecular weight excluding hydrogens is 403 g/mol. The molecule has 9 heteroatoms. The van der Waals surface area contributed by atoms with E-state index in [0.29, 0.717) is 17.1 Å². The second-order valence-electron chi connectivity index (χ2n) is 6.65. The molecule has 3 aromatic rings. The molecule has 0 N–H and O–H groups in total. The van der Waals surface area contributed by atoms with Gasteiger partial charge in [-0.05, 0) is 48.5 Å². The Labute approximate surface area is 165 Å². The highest BCUT2D eigenvalue weighted by molar-refractivity contribution is 7.90. The molecule has 0 atom stereocenters. The predicted molar refractivity (Wildman–Crippen MR) is 104 cm³/mol. The molecule has 0 saturated carbocycles. The molecule has 0 radical (unpaired) electrons. The highest BCUT2D eigenvalue weighted by Gasteiger charge is 2.39. The second-order valence-corrected chi connectivity index (χ2v) is 8.66. The van der Waals surface area contributed by atoms with Gasteiger partial charge in [-0.3, -0.25) is 15.0 Å². The van der Waals surface area contributed by atoms with Crippen LogP contribution in [0.15, 0.2) is 71.9 Å². The summed E-state index contributed by atoms with van der Waals surface area (Å²) in [6.45, 7) is 0.00450. The SMILES string of the molecule is CS(=O)(=O)c1ccc(N2c3cccc(C(F)(F)F)c3CN2c2cccnc2)cc1. The number of pyridine rings is 1. The van der Waals surface area contributed by atoms with Crippen molar-refractivity contribution in [1.82, 2.24) is 4.98 Å². The summed E-state index contributed by atoms with van der Waals surface area (Å²) >= 11 is 0. The van der Waals surface area contributed by atoms with Gasteiger partial charge in [0, 0.05) is 18.0 Å². The fourth-order valence-electron chi connectivity index (χ4n) is 3.38. The summed E-state index contributed by atoms with van der Waals surface area (Å²) in [5.41, 5.74) is 0.995. The first-order valence-electron chi connectivity index (χ1n) is 8.63. The van der Waals surface area contributed by atoms with Gasteiger partial charge in [-0.2, -0.15) is 13.2 Å². The smallest absolute Gasteiger partial charge is 0.275 e. The molecule has 4 rings (SSSR count). The lowest BCUT2D eigenvalue weighted by atomic mass is 10.1. The third-order valence-electron chi connectivity index (χ3n) is 4.69. The molecular formula is C20H16F3N3O2S. The zero-order valence-corrected chi connectivity index (χ0v) is 16.1. The molecule has 0 fully saturated rings. The van der Waals surface area contributed by atoms with Gasteiger partial charge in [-0.25, -0.2) is 8.42 Å². The van der Waals surface area contributed by atoms with Crippen molar-refractivity contribution < 1.29 is 21.6 Å². The molecule has 150 valence electrons. The van der Waals surface area contributed by atoms with Gasteiger partial charge >= 0.3 is 6.18 Å². The van der Waals surface area contributed by atoms with Crippen LogP contribution in [-0.2, 0) is 22.6 Å². The van der Waals surface area contributed by atoms with Crippen LogP contribution in [0.2, 0.25) is 0 Å². The number of alkyl halides is 3. The largest absolute Gasteiger partial charge is 0.416 e. The van der Waals surface area contributed by atoms with E-state index in [9.17, 15) is 21.6 Å². The first-order valence-corrected chi connectivity index (χ1v) is 10.5. The van der Waals surface area contributed by atoms with Crippen molar-refractivity contribution >= 4 is 26.9 Å². The topological polar surface area (TPSA) is 53.5 Å². The summed E-state index contributed by atoms with van der Waals surface area (Å²) in [6.07, 6.45) is -0.233. The fourth-order valence-corrected chi connectivity index (χ4v) is 4.01. The van der Waals surface area contributed by atoms with Gasteiger partial charge in [0.25, 0.3) is 0 Å². The number of rotatable bonds is 3. The molecule has 0 unspecified atom stereocenters. The molecule has 0 amide bonds. The van der Waals surface area contributed by atoms with Gasteiger partial charge < -0.3 is 0 Å². The van der Waals surface area contributed by atoms with Gasteiger partial charge in [0.1, 0.15) is 0 Å². The summed E-state index contributed by atoms with van der Waals surface area (Å²) < 4.78 is 64.2. The van der Waals surface area contributed by atoms with E-state index < -0.39 is 21.6 Å². The molecule has 5 nitrogen and oxygen atoms in total. The standard InChI is InChI=1S/C20H16F3N3O2S/c1-29(27,28)16-9-7-14(8-10-16)26-19-6-2-5-18(20(21,22)23)17(19)13-25(26)15-4-3-11-24-12-15/h2-12H,13H2,1H3. The number of anilines is 3. The van der Waals surface area contributed by atoms with Crippen molar-refractivity contribution in [2.45, 2.75) is 17.6 Å². The monoisotopic (exact) mass is 419 g/mol. The number of hydrogen-bond donors (Lipinski definition) is 0. The quantitative estimate of drug-likeness (QED) is 0.622. The van der Waals surface area contributed by atoms with Gasteiger partial charge in [0.05, 0.1) is 40.3 Å². The lowest BCUT2D eigenvalue weighted by Gasteiger charge is -2.32. The molecule has 0 aliphatic carbocycles. The van der Waals surface area contributed by atoms with Crippen molar-refractivity contribution in [3.8, 4) is 0 Å². The summed E-state index contributed by atoms with van der Waals surface area (Å²) in [5, 5.41) is 3.33. The number of fused-ring (bicyclic) bond motifs is 1. The normalized spacial score (nSPS) is 14.2. The van der Waals surface area contributed by atoms with Crippen molar-refractivity contribution in [3.05, 3.63) is 78.1 Å². The lowest BCUT2D eigenvalue weighted by molar-refractivity contribution is -0.138. The number of hydrazine groups is 1. The Hall–Kier alpha value is -3.07. The van der Waals surface area contributed by atoms with Crippen LogP contribution < -0.4 is 10.0 Å². The van der Waals surface area contributed by atoms with Gasteiger partial charge in [-0.15, -0.1) is 0 Å². The maximum absolute atomic E-state index is 13.6. The minimum absolute atomic E-state index is 0.00450. The Kier molecular flexibility index (Phi) is 4.49. The van der Waals surface area contributed by atoms with E-state index >= 15 is 0 Å². The van der Waals surface area contributed by atoms with E-state index in [1.165, 1.54) is 18.2 Å². The Morgan fingerprint density at radius 2 is 1.69 bits per heavy atom. The summed E-state index contributed by atoms with van der Waals surface area (Å²) in [4.78, 5) is 4.20. The fraction of sp³-hybridized carbons (Fsp3) is 0.150. The van der Waals surface area contributed by atoms with E-state index in [1.54, 1.807) is 52.7 Å². The van der Waals surface area contributed by atoms with Crippen molar-refractivity contribution in [2.24, 2.45) is 0 Å². The lowest BCUT2D eigenvalue weighted by Crippen LogP contribution is -2.33. The zero-order chi connectivity index (χ0) is 20.8. The first-order chi connectivity index (χ1) is 13.7. The van der Waals surface area contributed by atoms with Crippen LogP contribution in [0, 0.1) is 0 Å². The highest BCUT2D eigenvalue weighted by atomic mass is 32.2. The van der Waals surface area contributed by atoms with Gasteiger partial charge in [-0.1, -0.05) is 6.07 Å². The van der Waals surface area contributed by atoms with Crippen LogP contribution in [-0.4, -0.2) is 19.7 Å². The Morgan fingerprint density at radius 1 is 0.966 bits per heavy atom. The average Bonchev–Trinajstić information content (AvgIpc) is 3.07. The Balaban J connectivity index is 1.87. The molecule has 1 aliphatic rings. The number of halogens is 3. The van der Waals surface area contributed by atoms with Crippen molar-refractivity contribution in [2.75, 3.05) is 16.3 Å². The number of benzene rings is 2. The third kappa shape index (κ3) is 3.53. The number of nitrogens with zero attached hydrogens (tertiary/aromatic N) is 3. The molecule has 0 spiro atoms. The molecule has 29 heavy (non-hydrogen) atoms. The van der Waals surface area contributed by atoms with E-state index in [0.717, 1.165) is 12.3 Å². The average molecular weight is 419 g/mol. The molecule has 2 aromatic carbocycles. The third-order valence-corrected chi connectivity index (χ3v) is 5.82. The number of sulfone groups is 1. The molecule has 0 saturated heterocycles. The zero-order valence-electron chi connectivity index (χ0n) is 15.3. The minimum atomic E-state index is -4.48. The Morgan fingerprint density at radius 3 is 2.28 bits per heavy atom. The summed E-state index contributed by atoms with van der Waals surface area (Å²) in [6, 6.07) is 13.5. The van der Waals surface area contributed by atoms with Gasteiger partial charge in [0.2, 0.25) is 0 Å². The summed E-state index contributed by atoms with van der Waals surface area (Å²) in [5.74, 6) is 0.